The lowest BCUT2D eigenvalue weighted by atomic mass is 10.0. The van der Waals surface area contributed by atoms with Crippen molar-refractivity contribution in [2.75, 3.05) is 13.7 Å². The van der Waals surface area contributed by atoms with Crippen molar-refractivity contribution in [3.05, 3.63) is 58.0 Å². The van der Waals surface area contributed by atoms with Gasteiger partial charge in [0.05, 0.1) is 17.6 Å². The molecular weight excluding hydrogens is 378 g/mol. The zero-order chi connectivity index (χ0) is 19.3. The van der Waals surface area contributed by atoms with E-state index < -0.39 is 0 Å². The second-order valence-corrected chi connectivity index (χ2v) is 7.42. The van der Waals surface area contributed by atoms with Crippen LogP contribution in [-0.2, 0) is 16.1 Å². The van der Waals surface area contributed by atoms with Gasteiger partial charge in [-0.2, -0.15) is 0 Å². The van der Waals surface area contributed by atoms with Crippen LogP contribution < -0.4 is 4.74 Å². The van der Waals surface area contributed by atoms with Crippen molar-refractivity contribution in [3.63, 3.8) is 0 Å². The Bertz CT molecular complexity index is 911. The monoisotopic (exact) mass is 399 g/mol. The molecule has 0 bridgehead atoms. The van der Waals surface area contributed by atoms with Gasteiger partial charge in [-0.15, -0.1) is 11.3 Å². The Balaban J connectivity index is 1.65. The zero-order valence-corrected chi connectivity index (χ0v) is 16.4. The first-order valence-corrected chi connectivity index (χ1v) is 10.1. The highest BCUT2D eigenvalue weighted by Gasteiger charge is 2.27. The molecule has 1 saturated heterocycles. The fraction of sp³-hybridized carbons (Fsp3) is 0.333. The van der Waals surface area contributed by atoms with E-state index in [0.717, 1.165) is 30.6 Å². The number of benzene rings is 1. The van der Waals surface area contributed by atoms with Crippen LogP contribution in [0.4, 0.5) is 0 Å². The van der Waals surface area contributed by atoms with Crippen LogP contribution in [0.1, 0.15) is 40.3 Å². The van der Waals surface area contributed by atoms with Crippen LogP contribution in [0.3, 0.4) is 0 Å². The van der Waals surface area contributed by atoms with Crippen LogP contribution in [0, 0.1) is 0 Å². The van der Waals surface area contributed by atoms with Crippen molar-refractivity contribution < 1.29 is 23.5 Å². The first-order valence-electron chi connectivity index (χ1n) is 9.20. The number of hydrogen-bond donors (Lipinski definition) is 0. The van der Waals surface area contributed by atoms with Gasteiger partial charge in [-0.25, -0.2) is 0 Å². The number of aromatic nitrogens is 1. The van der Waals surface area contributed by atoms with Gasteiger partial charge in [0.1, 0.15) is 18.1 Å². The Morgan fingerprint density at radius 2 is 2.11 bits per heavy atom. The predicted octanol–water partition coefficient (Wildman–Crippen LogP) is 4.69. The summed E-state index contributed by atoms with van der Waals surface area (Å²) in [6, 6.07) is 11.0. The second kappa shape index (κ2) is 8.68. The highest BCUT2D eigenvalue weighted by atomic mass is 32.1. The Hall–Kier alpha value is -2.48. The summed E-state index contributed by atoms with van der Waals surface area (Å²) in [4.78, 5) is 13.8. The molecule has 0 saturated carbocycles. The third kappa shape index (κ3) is 4.01. The fourth-order valence-electron chi connectivity index (χ4n) is 3.14. The van der Waals surface area contributed by atoms with Crippen LogP contribution >= 0.6 is 11.3 Å². The molecule has 1 fully saturated rings. The molecule has 7 heteroatoms. The molecule has 0 radical (unpaired) electrons. The minimum absolute atomic E-state index is 0.120. The van der Waals surface area contributed by atoms with E-state index in [-0.39, 0.29) is 18.7 Å². The summed E-state index contributed by atoms with van der Waals surface area (Å²) in [5.41, 5.74) is 1.72. The van der Waals surface area contributed by atoms with Gasteiger partial charge in [-0.05, 0) is 55.0 Å². The van der Waals surface area contributed by atoms with E-state index in [1.165, 1.54) is 11.3 Å². The van der Waals surface area contributed by atoms with Gasteiger partial charge < -0.3 is 18.7 Å². The van der Waals surface area contributed by atoms with E-state index in [4.69, 9.17) is 18.7 Å². The highest BCUT2D eigenvalue weighted by Crippen LogP contribution is 2.31. The third-order valence-electron chi connectivity index (χ3n) is 4.64. The van der Waals surface area contributed by atoms with E-state index in [1.54, 1.807) is 13.2 Å². The smallest absolute Gasteiger partial charge is 0.208 e. The van der Waals surface area contributed by atoms with Crippen molar-refractivity contribution in [1.82, 2.24) is 5.16 Å². The van der Waals surface area contributed by atoms with E-state index in [1.807, 2.05) is 35.7 Å². The SMILES string of the molecule is COc1ccc(-c2noc(COC3CCCCO3)c2C(=O)c2cccs2)cc1. The minimum Gasteiger partial charge on any atom is -0.497 e. The molecule has 6 nitrogen and oxygen atoms in total. The molecule has 1 aromatic carbocycles. The van der Waals surface area contributed by atoms with Crippen LogP contribution in [0.25, 0.3) is 11.3 Å². The molecule has 1 atom stereocenters. The summed E-state index contributed by atoms with van der Waals surface area (Å²) in [6.07, 6.45) is 2.69. The molecule has 2 aromatic heterocycles. The molecule has 146 valence electrons. The average Bonchev–Trinajstić information content (AvgIpc) is 3.43. The minimum atomic E-state index is -0.270. The van der Waals surface area contributed by atoms with Crippen LogP contribution in [-0.4, -0.2) is 30.9 Å². The summed E-state index contributed by atoms with van der Waals surface area (Å²) in [5.74, 6) is 1.03. The van der Waals surface area contributed by atoms with Gasteiger partial charge in [0.15, 0.2) is 12.1 Å². The summed E-state index contributed by atoms with van der Waals surface area (Å²) < 4.78 is 22.2. The lowest BCUT2D eigenvalue weighted by Gasteiger charge is -2.22. The number of methoxy groups -OCH3 is 1. The maximum Gasteiger partial charge on any atom is 0.208 e. The molecular formula is C21H21NO5S. The number of nitrogens with zero attached hydrogens (tertiary/aromatic N) is 1. The Kier molecular flexibility index (Phi) is 5.85. The number of rotatable bonds is 7. The van der Waals surface area contributed by atoms with E-state index in [2.05, 4.69) is 5.16 Å². The molecule has 1 aliphatic heterocycles. The van der Waals surface area contributed by atoms with E-state index >= 15 is 0 Å². The van der Waals surface area contributed by atoms with E-state index in [9.17, 15) is 4.79 Å². The van der Waals surface area contributed by atoms with Gasteiger partial charge in [-0.1, -0.05) is 11.2 Å². The van der Waals surface area contributed by atoms with Gasteiger partial charge in [-0.3, -0.25) is 4.79 Å². The van der Waals surface area contributed by atoms with E-state index in [0.29, 0.717) is 28.5 Å². The second-order valence-electron chi connectivity index (χ2n) is 6.47. The Labute approximate surface area is 167 Å². The summed E-state index contributed by atoms with van der Waals surface area (Å²) in [6.45, 7) is 0.833. The van der Waals surface area contributed by atoms with Crippen molar-refractivity contribution in [3.8, 4) is 17.0 Å². The standard InChI is InChI=1S/C21H21NO5S/c1-24-15-9-7-14(8-10-15)20-19(21(23)17-5-4-12-28-17)16(27-22-20)13-26-18-6-2-3-11-25-18/h4-5,7-10,12,18H,2-3,6,11,13H2,1H3. The lowest BCUT2D eigenvalue weighted by molar-refractivity contribution is -0.171. The van der Waals surface area contributed by atoms with Crippen molar-refractivity contribution in [2.45, 2.75) is 32.2 Å². The fourth-order valence-corrected chi connectivity index (χ4v) is 3.81. The number of carbonyl (C=O) groups is 1. The normalized spacial score (nSPS) is 16.8. The van der Waals surface area contributed by atoms with Crippen LogP contribution in [0.5, 0.6) is 5.75 Å². The zero-order valence-electron chi connectivity index (χ0n) is 15.6. The van der Waals surface area contributed by atoms with Crippen molar-refractivity contribution in [2.24, 2.45) is 0 Å². The molecule has 1 aliphatic rings. The molecule has 28 heavy (non-hydrogen) atoms. The van der Waals surface area contributed by atoms with Gasteiger partial charge in [0, 0.05) is 12.2 Å². The summed E-state index contributed by atoms with van der Waals surface area (Å²) in [7, 11) is 1.61. The topological polar surface area (TPSA) is 70.8 Å². The largest absolute Gasteiger partial charge is 0.497 e. The highest BCUT2D eigenvalue weighted by molar-refractivity contribution is 7.12. The average molecular weight is 399 g/mol. The molecule has 0 spiro atoms. The molecule has 3 aromatic rings. The molecule has 4 rings (SSSR count). The number of ether oxygens (including phenoxy) is 3. The number of ketones is 1. The Morgan fingerprint density at radius 3 is 2.79 bits per heavy atom. The summed E-state index contributed by atoms with van der Waals surface area (Å²) in [5, 5.41) is 6.06. The predicted molar refractivity (Wildman–Crippen MR) is 105 cm³/mol. The number of thiophene rings is 1. The molecule has 0 N–H and O–H groups in total. The van der Waals surface area contributed by atoms with Gasteiger partial charge in [0.25, 0.3) is 0 Å². The lowest BCUT2D eigenvalue weighted by Crippen LogP contribution is -2.22. The van der Waals surface area contributed by atoms with Crippen LogP contribution in [0.15, 0.2) is 46.3 Å². The maximum atomic E-state index is 13.2. The maximum absolute atomic E-state index is 13.2. The van der Waals surface area contributed by atoms with Gasteiger partial charge in [0.2, 0.25) is 5.78 Å². The van der Waals surface area contributed by atoms with Crippen LogP contribution in [0.2, 0.25) is 0 Å². The number of hydrogen-bond acceptors (Lipinski definition) is 7. The molecule has 3 heterocycles. The quantitative estimate of drug-likeness (QED) is 0.537. The van der Waals surface area contributed by atoms with Crippen molar-refractivity contribution in [1.29, 1.82) is 0 Å². The molecule has 0 aliphatic carbocycles. The molecule has 1 unspecified atom stereocenters. The third-order valence-corrected chi connectivity index (χ3v) is 5.51. The summed E-state index contributed by atoms with van der Waals surface area (Å²) >= 11 is 1.39. The molecule has 0 amide bonds. The van der Waals surface area contributed by atoms with Crippen molar-refractivity contribution >= 4 is 17.1 Å². The number of carbonyl (C=O) groups excluding carboxylic acids is 1. The van der Waals surface area contributed by atoms with Gasteiger partial charge >= 0.3 is 0 Å². The Morgan fingerprint density at radius 1 is 1.25 bits per heavy atom. The first-order chi connectivity index (χ1) is 13.8. The first kappa shape index (κ1) is 18.9.